The lowest BCUT2D eigenvalue weighted by molar-refractivity contribution is -0.274. The van der Waals surface area contributed by atoms with Crippen molar-refractivity contribution in [3.63, 3.8) is 0 Å². The van der Waals surface area contributed by atoms with E-state index in [4.69, 9.17) is 4.74 Å². The van der Waals surface area contributed by atoms with Crippen LogP contribution in [0.3, 0.4) is 0 Å². The molecule has 0 radical (unpaired) electrons. The largest absolute Gasteiger partial charge is 0.573 e. The van der Waals surface area contributed by atoms with E-state index in [1.807, 2.05) is 13.8 Å². The first-order valence-corrected chi connectivity index (χ1v) is 6.74. The average molecular weight is 302 g/mol. The molecule has 0 aliphatic carbocycles. The van der Waals surface area contributed by atoms with Gasteiger partial charge in [0.05, 0.1) is 18.1 Å². The Morgan fingerprint density at radius 3 is 2.38 bits per heavy atom. The summed E-state index contributed by atoms with van der Waals surface area (Å²) in [5.74, 6) is -0.951. The summed E-state index contributed by atoms with van der Waals surface area (Å²) in [5, 5.41) is 0. The maximum absolute atomic E-state index is 12.5. The monoisotopic (exact) mass is 302 g/mol. The first-order valence-electron chi connectivity index (χ1n) is 6.74. The van der Waals surface area contributed by atoms with Crippen molar-refractivity contribution < 1.29 is 27.4 Å². The second kappa shape index (κ2) is 5.67. The van der Waals surface area contributed by atoms with Gasteiger partial charge in [0.25, 0.3) is 0 Å². The van der Waals surface area contributed by atoms with Crippen molar-refractivity contribution in [1.82, 2.24) is 0 Å². The smallest absolute Gasteiger partial charge is 0.406 e. The molecule has 1 saturated heterocycles. The van der Waals surface area contributed by atoms with Gasteiger partial charge in [0.1, 0.15) is 5.75 Å². The average Bonchev–Trinajstić information content (AvgIpc) is 2.61. The van der Waals surface area contributed by atoms with Gasteiger partial charge in [0, 0.05) is 5.56 Å². The fourth-order valence-electron chi connectivity index (χ4n) is 2.76. The molecule has 0 amide bonds. The third-order valence-corrected chi connectivity index (χ3v) is 3.90. The number of ether oxygens (including phenoxy) is 2. The van der Waals surface area contributed by atoms with Gasteiger partial charge in [-0.2, -0.15) is 0 Å². The number of ketones is 1. The van der Waals surface area contributed by atoms with Gasteiger partial charge in [-0.1, -0.05) is 19.1 Å². The van der Waals surface area contributed by atoms with E-state index in [1.165, 1.54) is 18.2 Å². The summed E-state index contributed by atoms with van der Waals surface area (Å²) in [7, 11) is 0. The Morgan fingerprint density at radius 1 is 1.19 bits per heavy atom. The Balaban J connectivity index is 2.22. The number of halogens is 3. The van der Waals surface area contributed by atoms with Crippen molar-refractivity contribution in [1.29, 1.82) is 0 Å². The number of benzene rings is 1. The molecular weight excluding hydrogens is 285 g/mol. The molecule has 0 aromatic heterocycles. The topological polar surface area (TPSA) is 35.5 Å². The van der Waals surface area contributed by atoms with E-state index in [2.05, 4.69) is 4.74 Å². The molecule has 21 heavy (non-hydrogen) atoms. The molecule has 3 nitrogen and oxygen atoms in total. The highest BCUT2D eigenvalue weighted by molar-refractivity contribution is 5.98. The third-order valence-electron chi connectivity index (χ3n) is 3.90. The van der Waals surface area contributed by atoms with Crippen LogP contribution in [0.4, 0.5) is 13.2 Å². The highest BCUT2D eigenvalue weighted by atomic mass is 19.4. The molecule has 1 fully saturated rings. The number of carbonyl (C=O) groups is 1. The van der Waals surface area contributed by atoms with Crippen molar-refractivity contribution in [2.24, 2.45) is 11.8 Å². The van der Waals surface area contributed by atoms with Crippen LogP contribution in [0.15, 0.2) is 24.3 Å². The first kappa shape index (κ1) is 15.8. The zero-order valence-corrected chi connectivity index (χ0v) is 12.0. The van der Waals surface area contributed by atoms with Gasteiger partial charge in [0.15, 0.2) is 5.78 Å². The Morgan fingerprint density at radius 2 is 1.86 bits per heavy atom. The van der Waals surface area contributed by atoms with E-state index < -0.39 is 6.36 Å². The number of Topliss-reactive ketones (excluding diaryl/α,β-unsaturated/α-hetero) is 1. The number of hydrogen-bond donors (Lipinski definition) is 0. The number of carbonyl (C=O) groups excluding carboxylic acids is 1. The van der Waals surface area contributed by atoms with Crippen LogP contribution in [0.1, 0.15) is 31.1 Å². The normalized spacial score (nSPS) is 29.4. The van der Waals surface area contributed by atoms with Crippen LogP contribution in [0.25, 0.3) is 0 Å². The lowest BCUT2D eigenvalue weighted by atomic mass is 9.83. The Kier molecular flexibility index (Phi) is 4.27. The van der Waals surface area contributed by atoms with Gasteiger partial charge in [-0.05, 0) is 31.9 Å². The lowest BCUT2D eigenvalue weighted by Gasteiger charge is -2.17. The van der Waals surface area contributed by atoms with E-state index in [0.29, 0.717) is 0 Å². The van der Waals surface area contributed by atoms with E-state index in [-0.39, 0.29) is 41.1 Å². The second-order valence-corrected chi connectivity index (χ2v) is 5.37. The molecule has 0 N–H and O–H groups in total. The molecule has 1 aliphatic rings. The summed E-state index contributed by atoms with van der Waals surface area (Å²) in [6, 6.07) is 5.17. The molecule has 1 aromatic carbocycles. The van der Waals surface area contributed by atoms with Gasteiger partial charge in [0.2, 0.25) is 0 Å². The van der Waals surface area contributed by atoms with Crippen molar-refractivity contribution in [2.75, 3.05) is 0 Å². The van der Waals surface area contributed by atoms with Crippen LogP contribution in [0, 0.1) is 11.8 Å². The first-order chi connectivity index (χ1) is 9.69. The van der Waals surface area contributed by atoms with E-state index in [9.17, 15) is 18.0 Å². The number of rotatable bonds is 3. The Bertz CT molecular complexity index is 527. The predicted octanol–water partition coefficient (Wildman–Crippen LogP) is 3.83. The van der Waals surface area contributed by atoms with Crippen LogP contribution in [0.5, 0.6) is 5.75 Å². The van der Waals surface area contributed by atoms with Crippen molar-refractivity contribution >= 4 is 5.78 Å². The second-order valence-electron chi connectivity index (χ2n) is 5.37. The Labute approximate surface area is 121 Å². The SMILES string of the molecule is CC1OC(C)C(C(=O)c2cccc(OC(F)(F)F)c2)C1C. The highest BCUT2D eigenvalue weighted by Crippen LogP contribution is 2.35. The van der Waals surface area contributed by atoms with E-state index in [0.717, 1.165) is 6.07 Å². The van der Waals surface area contributed by atoms with Crippen molar-refractivity contribution in [3.8, 4) is 5.75 Å². The summed E-state index contributed by atoms with van der Waals surface area (Å²) in [4.78, 5) is 12.5. The molecule has 4 atom stereocenters. The van der Waals surface area contributed by atoms with Crippen LogP contribution in [-0.4, -0.2) is 24.4 Å². The molecular formula is C15H17F3O3. The Hall–Kier alpha value is -1.56. The maximum Gasteiger partial charge on any atom is 0.573 e. The fourth-order valence-corrected chi connectivity index (χ4v) is 2.76. The van der Waals surface area contributed by atoms with Gasteiger partial charge in [-0.3, -0.25) is 4.79 Å². The standard InChI is InChI=1S/C15H17F3O3/c1-8-9(2)20-10(3)13(8)14(19)11-5-4-6-12(7-11)21-15(16,17)18/h4-10,13H,1-3H3. The third kappa shape index (κ3) is 3.56. The minimum absolute atomic E-state index is 0.0136. The number of alkyl halides is 3. The molecule has 2 rings (SSSR count). The molecule has 0 spiro atoms. The highest BCUT2D eigenvalue weighted by Gasteiger charge is 2.41. The molecule has 4 unspecified atom stereocenters. The minimum atomic E-state index is -4.77. The predicted molar refractivity (Wildman–Crippen MR) is 70.1 cm³/mol. The van der Waals surface area contributed by atoms with Gasteiger partial charge in [-0.25, -0.2) is 0 Å². The van der Waals surface area contributed by atoms with Crippen LogP contribution in [0.2, 0.25) is 0 Å². The zero-order chi connectivity index (χ0) is 15.8. The quantitative estimate of drug-likeness (QED) is 0.796. The van der Waals surface area contributed by atoms with Crippen molar-refractivity contribution in [3.05, 3.63) is 29.8 Å². The van der Waals surface area contributed by atoms with Gasteiger partial charge < -0.3 is 9.47 Å². The lowest BCUT2D eigenvalue weighted by Crippen LogP contribution is -2.27. The molecule has 0 saturated carbocycles. The summed E-state index contributed by atoms with van der Waals surface area (Å²) in [6.07, 6.45) is -5.08. The summed E-state index contributed by atoms with van der Waals surface area (Å²) in [6.45, 7) is 5.60. The number of hydrogen-bond acceptors (Lipinski definition) is 3. The van der Waals surface area contributed by atoms with Crippen LogP contribution >= 0.6 is 0 Å². The summed E-state index contributed by atoms with van der Waals surface area (Å²) in [5.41, 5.74) is 0.207. The molecule has 6 heteroatoms. The molecule has 116 valence electrons. The summed E-state index contributed by atoms with van der Waals surface area (Å²) >= 11 is 0. The molecule has 1 heterocycles. The molecule has 1 aromatic rings. The zero-order valence-electron chi connectivity index (χ0n) is 12.0. The minimum Gasteiger partial charge on any atom is -0.406 e. The molecule has 1 aliphatic heterocycles. The summed E-state index contributed by atoms with van der Waals surface area (Å²) < 4.78 is 46.1. The van der Waals surface area contributed by atoms with E-state index >= 15 is 0 Å². The van der Waals surface area contributed by atoms with Gasteiger partial charge >= 0.3 is 6.36 Å². The fraction of sp³-hybridized carbons (Fsp3) is 0.533. The van der Waals surface area contributed by atoms with E-state index in [1.54, 1.807) is 6.92 Å². The van der Waals surface area contributed by atoms with Crippen LogP contribution in [-0.2, 0) is 4.74 Å². The molecule has 0 bridgehead atoms. The van der Waals surface area contributed by atoms with Crippen molar-refractivity contribution in [2.45, 2.75) is 39.3 Å². The maximum atomic E-state index is 12.5. The van der Waals surface area contributed by atoms with Gasteiger partial charge in [-0.15, -0.1) is 13.2 Å². The van der Waals surface area contributed by atoms with Crippen LogP contribution < -0.4 is 4.74 Å².